The number of methoxy groups -OCH3 is 1. The van der Waals surface area contributed by atoms with Crippen molar-refractivity contribution in [1.29, 1.82) is 0 Å². The molecule has 0 radical (unpaired) electrons. The molecular formula is C55H34F30O13. The van der Waals surface area contributed by atoms with Gasteiger partial charge in [0.2, 0.25) is 175 Å². The van der Waals surface area contributed by atoms with E-state index in [4.69, 9.17) is 47.4 Å². The second-order valence-corrected chi connectivity index (χ2v) is 19.1. The zero-order chi connectivity index (χ0) is 73.2. The molecular weight excluding hydrogens is 1440 g/mol. The van der Waals surface area contributed by atoms with Crippen molar-refractivity contribution in [2.24, 2.45) is 0 Å². The molecule has 6 unspecified atom stereocenters. The first-order valence-electron chi connectivity index (χ1n) is 26.1. The summed E-state index contributed by atoms with van der Waals surface area (Å²) in [6.07, 6.45) is -13.8. The Morgan fingerprint density at radius 1 is 0.184 bits per heavy atom. The van der Waals surface area contributed by atoms with Gasteiger partial charge in [0, 0.05) is 7.11 Å². The second-order valence-electron chi connectivity index (χ2n) is 19.1. The third-order valence-electron chi connectivity index (χ3n) is 12.5. The summed E-state index contributed by atoms with van der Waals surface area (Å²) in [5.41, 5.74) is 0. The maximum Gasteiger partial charge on any atom is 0.206 e. The van der Waals surface area contributed by atoms with E-state index in [1.165, 1.54) is 0 Å². The van der Waals surface area contributed by atoms with Crippen LogP contribution in [0.3, 0.4) is 0 Å². The molecule has 98 heavy (non-hydrogen) atoms. The van der Waals surface area contributed by atoms with E-state index in [0.717, 1.165) is 7.11 Å². The Morgan fingerprint density at radius 2 is 0.316 bits per heavy atom. The van der Waals surface area contributed by atoms with Gasteiger partial charge in [-0.1, -0.05) is 0 Å². The number of aliphatic hydroxyl groups excluding tert-OH is 1. The highest BCUT2D eigenvalue weighted by Crippen LogP contribution is 2.36. The maximum atomic E-state index is 15.0. The van der Waals surface area contributed by atoms with Gasteiger partial charge in [0.05, 0.1) is 39.6 Å². The monoisotopic (exact) mass is 1470 g/mol. The van der Waals surface area contributed by atoms with E-state index in [2.05, 4.69) is 9.47 Å². The Kier molecular flexibility index (Phi) is 27.3. The Bertz CT molecular complexity index is 3700. The first-order valence-corrected chi connectivity index (χ1v) is 26.1. The fourth-order valence-corrected chi connectivity index (χ4v) is 7.51. The third-order valence-corrected chi connectivity index (χ3v) is 12.5. The SMILES string of the molecule is COCC(COc1c(F)c(F)c(F)c(F)c1F)OCC(COc1c(F)c(F)c(F)c(F)c1F)OCC(COc1c(F)c(F)c(F)c(F)c1F)OCC(COc1c(F)c(F)c(F)c(F)c1F)OCC(COc1c(F)c(F)c(F)c(F)c1F)OCC(O)COc1c(F)c(F)c(F)c(F)c1F. The molecule has 43 heteroatoms. The smallest absolute Gasteiger partial charge is 0.206 e. The lowest BCUT2D eigenvalue weighted by molar-refractivity contribution is -0.134. The highest BCUT2D eigenvalue weighted by molar-refractivity contribution is 5.34. The second kappa shape index (κ2) is 34.0. The average molecular weight is 1470 g/mol. The standard InChI is InChI=1S/C55H34F30O13/c1-87-4-15(9-94-51-40(76)28(64)21(57)29(65)41(51)77)89-6-17(11-96-53-44(80)32(68)23(59)33(69)45(53)81)91-8-19(13-98-55-48(84)36(72)25(61)37(73)49(55)85)92-7-18(12-97-54-46(82)34(70)24(60)35(71)47(54)83)90-5-16(10-95-52-42(78)30(66)22(58)31(67)43(52)79)88-2-14(86)3-93-50-38(74)26(62)20(56)27(63)39(50)75/h14-19,86H,2-13H2,1H3. The van der Waals surface area contributed by atoms with Crippen molar-refractivity contribution in [2.45, 2.75) is 36.6 Å². The summed E-state index contributed by atoms with van der Waals surface area (Å²) >= 11 is 0. The van der Waals surface area contributed by atoms with Crippen LogP contribution in [0.4, 0.5) is 132 Å². The summed E-state index contributed by atoms with van der Waals surface area (Å²) < 4.78 is 490. The van der Waals surface area contributed by atoms with Crippen LogP contribution in [-0.4, -0.2) is 128 Å². The van der Waals surface area contributed by atoms with Crippen molar-refractivity contribution in [3.63, 3.8) is 0 Å². The molecule has 0 spiro atoms. The van der Waals surface area contributed by atoms with E-state index in [0.29, 0.717) is 0 Å². The summed E-state index contributed by atoms with van der Waals surface area (Å²) in [4.78, 5) is 0. The molecule has 6 atom stereocenters. The molecule has 0 fully saturated rings. The Morgan fingerprint density at radius 3 is 0.480 bits per heavy atom. The fourth-order valence-electron chi connectivity index (χ4n) is 7.51. The van der Waals surface area contributed by atoms with Crippen LogP contribution in [0, 0.1) is 175 Å². The van der Waals surface area contributed by atoms with Crippen molar-refractivity contribution < 1.29 is 194 Å². The van der Waals surface area contributed by atoms with Gasteiger partial charge in [-0.3, -0.25) is 0 Å². The molecule has 542 valence electrons. The summed E-state index contributed by atoms with van der Waals surface area (Å²) in [7, 11) is 0.859. The largest absolute Gasteiger partial charge is 0.485 e. The molecule has 0 aliphatic carbocycles. The van der Waals surface area contributed by atoms with Crippen molar-refractivity contribution in [3.05, 3.63) is 175 Å². The number of halogens is 30. The molecule has 6 aromatic carbocycles. The number of rotatable bonds is 35. The van der Waals surface area contributed by atoms with Crippen LogP contribution >= 0.6 is 0 Å². The minimum Gasteiger partial charge on any atom is -0.485 e. The van der Waals surface area contributed by atoms with E-state index in [1.807, 2.05) is 0 Å². The summed E-state index contributed by atoms with van der Waals surface area (Å²) in [5.74, 6) is -93.4. The molecule has 0 saturated carbocycles. The number of aliphatic hydroxyl groups is 1. The van der Waals surface area contributed by atoms with Gasteiger partial charge < -0.3 is 61.9 Å². The van der Waals surface area contributed by atoms with Crippen LogP contribution in [0.15, 0.2) is 0 Å². The molecule has 13 nitrogen and oxygen atoms in total. The Hall–Kier alpha value is -8.26. The lowest BCUT2D eigenvalue weighted by Gasteiger charge is -2.27. The minimum absolute atomic E-state index is 0.859. The van der Waals surface area contributed by atoms with Crippen LogP contribution in [0.1, 0.15) is 0 Å². The lowest BCUT2D eigenvalue weighted by Crippen LogP contribution is -2.40. The fraction of sp³-hybridized carbons (Fsp3) is 0.345. The molecule has 1 N–H and O–H groups in total. The summed E-state index contributed by atoms with van der Waals surface area (Å²) in [6, 6.07) is 0. The first kappa shape index (κ1) is 78.7. The average Bonchev–Trinajstić information content (AvgIpc) is 0.843. The van der Waals surface area contributed by atoms with Gasteiger partial charge >= 0.3 is 0 Å². The highest BCUT2D eigenvalue weighted by Gasteiger charge is 2.36. The first-order chi connectivity index (χ1) is 46.0. The van der Waals surface area contributed by atoms with Gasteiger partial charge in [0.25, 0.3) is 0 Å². The molecule has 0 amide bonds. The van der Waals surface area contributed by atoms with E-state index < -0.39 is 325 Å². The zero-order valence-electron chi connectivity index (χ0n) is 47.6. The molecule has 0 aliphatic rings. The molecule has 0 aliphatic heterocycles. The normalized spacial score (nSPS) is 13.6. The van der Waals surface area contributed by atoms with E-state index in [9.17, 15) is 137 Å². The third kappa shape index (κ3) is 17.6. The van der Waals surface area contributed by atoms with E-state index >= 15 is 0 Å². The van der Waals surface area contributed by atoms with Crippen LogP contribution in [0.2, 0.25) is 0 Å². The predicted molar refractivity (Wildman–Crippen MR) is 257 cm³/mol. The topological polar surface area (TPSA) is 131 Å². The Labute approximate surface area is 525 Å². The van der Waals surface area contributed by atoms with Crippen LogP contribution < -0.4 is 28.4 Å². The number of hydrogen-bond donors (Lipinski definition) is 1. The molecule has 0 aromatic heterocycles. The zero-order valence-corrected chi connectivity index (χ0v) is 47.6. The van der Waals surface area contributed by atoms with Gasteiger partial charge in [-0.25, -0.2) is 79.0 Å². The van der Waals surface area contributed by atoms with Gasteiger partial charge in [-0.2, -0.15) is 52.7 Å². The van der Waals surface area contributed by atoms with Gasteiger partial charge in [-0.05, 0) is 0 Å². The van der Waals surface area contributed by atoms with E-state index in [-0.39, 0.29) is 0 Å². The van der Waals surface area contributed by atoms with Crippen molar-refractivity contribution >= 4 is 0 Å². The summed E-state index contributed by atoms with van der Waals surface area (Å²) in [6.45, 7) is -18.0. The highest BCUT2D eigenvalue weighted by atomic mass is 19.2. The number of benzene rings is 6. The lowest BCUT2D eigenvalue weighted by atomic mass is 10.2. The molecule has 6 aromatic rings. The quantitative estimate of drug-likeness (QED) is 0.0230. The van der Waals surface area contributed by atoms with Crippen molar-refractivity contribution in [3.8, 4) is 34.5 Å². The molecule has 6 rings (SSSR count). The van der Waals surface area contributed by atoms with Gasteiger partial charge in [0.1, 0.15) is 76.3 Å². The summed E-state index contributed by atoms with van der Waals surface area (Å²) in [5, 5.41) is 10.5. The minimum atomic E-state index is -2.82. The predicted octanol–water partition coefficient (Wildman–Crippen LogP) is 12.6. The van der Waals surface area contributed by atoms with Crippen molar-refractivity contribution in [2.75, 3.05) is 86.4 Å². The number of hydrogen-bond acceptors (Lipinski definition) is 13. The van der Waals surface area contributed by atoms with Crippen LogP contribution in [0.5, 0.6) is 34.5 Å². The van der Waals surface area contributed by atoms with E-state index in [1.54, 1.807) is 0 Å². The van der Waals surface area contributed by atoms with Gasteiger partial charge in [0.15, 0.2) is 34.5 Å². The van der Waals surface area contributed by atoms with Crippen LogP contribution in [0.25, 0.3) is 0 Å². The molecule has 0 bridgehead atoms. The maximum absolute atomic E-state index is 15.0. The van der Waals surface area contributed by atoms with Gasteiger partial charge in [-0.15, -0.1) is 0 Å². The molecule has 0 heterocycles. The number of ether oxygens (including phenoxy) is 12. The molecule has 0 saturated heterocycles. The van der Waals surface area contributed by atoms with Crippen molar-refractivity contribution in [1.82, 2.24) is 0 Å². The van der Waals surface area contributed by atoms with Crippen LogP contribution in [-0.2, 0) is 28.4 Å². The Balaban J connectivity index is 1.37.